The molecule has 0 fully saturated rings. The van der Waals surface area contributed by atoms with E-state index in [1.165, 1.54) is 18.4 Å². The van der Waals surface area contributed by atoms with Crippen LogP contribution in [0.5, 0.6) is 0 Å². The first-order valence-electron chi connectivity index (χ1n) is 6.12. The molecule has 0 saturated heterocycles. The van der Waals surface area contributed by atoms with Crippen LogP contribution in [0, 0.1) is 0 Å². The summed E-state index contributed by atoms with van der Waals surface area (Å²) in [7, 11) is 2.01. The Kier molecular flexibility index (Phi) is 6.86. The fourth-order valence-corrected chi connectivity index (χ4v) is 1.56. The van der Waals surface area contributed by atoms with Crippen LogP contribution in [-0.4, -0.2) is 19.7 Å². The summed E-state index contributed by atoms with van der Waals surface area (Å²) < 4.78 is 5.61. The molecule has 0 heterocycles. The van der Waals surface area contributed by atoms with Gasteiger partial charge in [-0.1, -0.05) is 30.3 Å². The molecule has 0 aliphatic carbocycles. The van der Waals surface area contributed by atoms with Gasteiger partial charge in [-0.05, 0) is 38.8 Å². The zero-order chi connectivity index (χ0) is 11.6. The van der Waals surface area contributed by atoms with E-state index < -0.39 is 0 Å². The van der Waals surface area contributed by atoms with Crippen LogP contribution in [0.3, 0.4) is 0 Å². The summed E-state index contributed by atoms with van der Waals surface area (Å²) in [6.45, 7) is 3.82. The Morgan fingerprint density at radius 3 is 2.62 bits per heavy atom. The van der Waals surface area contributed by atoms with E-state index in [0.29, 0.717) is 6.04 Å². The molecule has 1 unspecified atom stereocenters. The summed E-state index contributed by atoms with van der Waals surface area (Å²) in [5.41, 5.74) is 1.26. The van der Waals surface area contributed by atoms with E-state index in [0.717, 1.165) is 19.6 Å². The van der Waals surface area contributed by atoms with Crippen molar-refractivity contribution in [2.45, 2.75) is 38.8 Å². The Morgan fingerprint density at radius 1 is 1.19 bits per heavy atom. The maximum Gasteiger partial charge on any atom is 0.0716 e. The number of benzene rings is 1. The second kappa shape index (κ2) is 8.31. The van der Waals surface area contributed by atoms with Gasteiger partial charge in [0.05, 0.1) is 6.61 Å². The lowest BCUT2D eigenvalue weighted by Gasteiger charge is -2.09. The lowest BCUT2D eigenvalue weighted by Crippen LogP contribution is -2.20. The quantitative estimate of drug-likeness (QED) is 0.681. The van der Waals surface area contributed by atoms with Crippen LogP contribution in [0.2, 0.25) is 0 Å². The summed E-state index contributed by atoms with van der Waals surface area (Å²) in [5, 5.41) is 3.24. The molecule has 0 amide bonds. The lowest BCUT2D eigenvalue weighted by molar-refractivity contribution is 0.116. The predicted octanol–water partition coefficient (Wildman–Crippen LogP) is 2.98. The molecule has 1 N–H and O–H groups in total. The van der Waals surface area contributed by atoms with Crippen LogP contribution in [0.15, 0.2) is 30.3 Å². The van der Waals surface area contributed by atoms with Crippen LogP contribution in [-0.2, 0) is 11.3 Å². The lowest BCUT2D eigenvalue weighted by atomic mass is 10.1. The summed E-state index contributed by atoms with van der Waals surface area (Å²) >= 11 is 0. The van der Waals surface area contributed by atoms with E-state index in [-0.39, 0.29) is 0 Å². The monoisotopic (exact) mass is 221 g/mol. The van der Waals surface area contributed by atoms with Crippen molar-refractivity contribution in [2.75, 3.05) is 13.7 Å². The molecule has 0 aliphatic rings. The molecule has 0 aliphatic heterocycles. The van der Waals surface area contributed by atoms with Crippen molar-refractivity contribution >= 4 is 0 Å². The highest BCUT2D eigenvalue weighted by Gasteiger charge is 1.97. The average Bonchev–Trinajstić information content (AvgIpc) is 2.34. The van der Waals surface area contributed by atoms with Crippen molar-refractivity contribution in [3.05, 3.63) is 35.9 Å². The van der Waals surface area contributed by atoms with Gasteiger partial charge in [0.2, 0.25) is 0 Å². The smallest absolute Gasteiger partial charge is 0.0716 e. The van der Waals surface area contributed by atoms with E-state index in [9.17, 15) is 0 Å². The number of unbranched alkanes of at least 4 members (excludes halogenated alkanes) is 1. The molecule has 0 aromatic heterocycles. The SMILES string of the molecule is CNC(C)CCCCOCc1ccccc1. The molecule has 90 valence electrons. The fourth-order valence-electron chi connectivity index (χ4n) is 1.56. The molecule has 0 spiro atoms. The normalized spacial score (nSPS) is 12.6. The second-order valence-corrected chi connectivity index (χ2v) is 4.22. The first kappa shape index (κ1) is 13.2. The van der Waals surface area contributed by atoms with E-state index >= 15 is 0 Å². The molecule has 16 heavy (non-hydrogen) atoms. The van der Waals surface area contributed by atoms with Crippen molar-refractivity contribution < 1.29 is 4.74 Å². The third-order valence-corrected chi connectivity index (χ3v) is 2.78. The van der Waals surface area contributed by atoms with E-state index in [2.05, 4.69) is 24.4 Å². The zero-order valence-electron chi connectivity index (χ0n) is 10.4. The molecule has 1 rings (SSSR count). The van der Waals surface area contributed by atoms with Crippen molar-refractivity contribution in [1.29, 1.82) is 0 Å². The van der Waals surface area contributed by atoms with Gasteiger partial charge in [0.1, 0.15) is 0 Å². The molecule has 0 saturated carbocycles. The molecule has 2 nitrogen and oxygen atoms in total. The summed E-state index contributed by atoms with van der Waals surface area (Å²) in [4.78, 5) is 0. The van der Waals surface area contributed by atoms with Gasteiger partial charge in [0.25, 0.3) is 0 Å². The van der Waals surface area contributed by atoms with Gasteiger partial charge in [0, 0.05) is 12.6 Å². The first-order chi connectivity index (χ1) is 7.83. The van der Waals surface area contributed by atoms with E-state index in [4.69, 9.17) is 4.74 Å². The fraction of sp³-hybridized carbons (Fsp3) is 0.571. The van der Waals surface area contributed by atoms with E-state index in [1.807, 2.05) is 25.2 Å². The maximum atomic E-state index is 5.61. The van der Waals surface area contributed by atoms with Gasteiger partial charge < -0.3 is 10.1 Å². The largest absolute Gasteiger partial charge is 0.377 e. The van der Waals surface area contributed by atoms with Crippen LogP contribution >= 0.6 is 0 Å². The second-order valence-electron chi connectivity index (χ2n) is 4.22. The van der Waals surface area contributed by atoms with Gasteiger partial charge in [-0.2, -0.15) is 0 Å². The Labute approximate surface area is 99.0 Å². The topological polar surface area (TPSA) is 21.3 Å². The van der Waals surface area contributed by atoms with Crippen molar-refractivity contribution in [3.8, 4) is 0 Å². The standard InChI is InChI=1S/C14H23NO/c1-13(15-2)8-6-7-11-16-12-14-9-4-3-5-10-14/h3-5,9-10,13,15H,6-8,11-12H2,1-2H3. The number of rotatable bonds is 8. The number of hydrogen-bond donors (Lipinski definition) is 1. The maximum absolute atomic E-state index is 5.61. The molecular formula is C14H23NO. The number of nitrogens with one attached hydrogen (secondary N) is 1. The Morgan fingerprint density at radius 2 is 1.94 bits per heavy atom. The molecule has 1 aromatic carbocycles. The first-order valence-corrected chi connectivity index (χ1v) is 6.12. The van der Waals surface area contributed by atoms with Crippen molar-refractivity contribution in [2.24, 2.45) is 0 Å². The Bertz CT molecular complexity index is 261. The molecule has 1 atom stereocenters. The van der Waals surface area contributed by atoms with Gasteiger partial charge >= 0.3 is 0 Å². The average molecular weight is 221 g/mol. The Hall–Kier alpha value is -0.860. The van der Waals surface area contributed by atoms with Gasteiger partial charge in [-0.25, -0.2) is 0 Å². The van der Waals surface area contributed by atoms with Crippen molar-refractivity contribution in [1.82, 2.24) is 5.32 Å². The Balaban J connectivity index is 1.96. The molecule has 0 bridgehead atoms. The third kappa shape index (κ3) is 5.89. The summed E-state index contributed by atoms with van der Waals surface area (Å²) in [6, 6.07) is 10.9. The molecule has 0 radical (unpaired) electrons. The number of hydrogen-bond acceptors (Lipinski definition) is 2. The van der Waals surface area contributed by atoms with Crippen LogP contribution < -0.4 is 5.32 Å². The highest BCUT2D eigenvalue weighted by Crippen LogP contribution is 2.03. The molecular weight excluding hydrogens is 198 g/mol. The van der Waals surface area contributed by atoms with Gasteiger partial charge in [-0.3, -0.25) is 0 Å². The van der Waals surface area contributed by atoms with Gasteiger partial charge in [-0.15, -0.1) is 0 Å². The minimum atomic E-state index is 0.620. The van der Waals surface area contributed by atoms with Gasteiger partial charge in [0.15, 0.2) is 0 Å². The van der Waals surface area contributed by atoms with Crippen molar-refractivity contribution in [3.63, 3.8) is 0 Å². The van der Waals surface area contributed by atoms with E-state index in [1.54, 1.807) is 0 Å². The minimum absolute atomic E-state index is 0.620. The molecule has 1 aromatic rings. The van der Waals surface area contributed by atoms with Crippen LogP contribution in [0.4, 0.5) is 0 Å². The minimum Gasteiger partial charge on any atom is -0.377 e. The van der Waals surface area contributed by atoms with Crippen LogP contribution in [0.25, 0.3) is 0 Å². The zero-order valence-corrected chi connectivity index (χ0v) is 10.4. The summed E-state index contributed by atoms with van der Waals surface area (Å²) in [6.07, 6.45) is 3.61. The van der Waals surface area contributed by atoms with Crippen LogP contribution in [0.1, 0.15) is 31.7 Å². The molecule has 2 heteroatoms. The highest BCUT2D eigenvalue weighted by atomic mass is 16.5. The third-order valence-electron chi connectivity index (χ3n) is 2.78. The predicted molar refractivity (Wildman–Crippen MR) is 68.5 cm³/mol. The summed E-state index contributed by atoms with van der Waals surface area (Å²) in [5.74, 6) is 0. The highest BCUT2D eigenvalue weighted by molar-refractivity contribution is 5.13. The number of ether oxygens (including phenoxy) is 1.